The number of hydrogen-bond donors (Lipinski definition) is 2. The van der Waals surface area contributed by atoms with Crippen LogP contribution in [0.1, 0.15) is 85.5 Å². The quantitative estimate of drug-likeness (QED) is 0.545. The summed E-state index contributed by atoms with van der Waals surface area (Å²) in [6.45, 7) is 2.18. The van der Waals surface area contributed by atoms with E-state index in [-0.39, 0.29) is 5.91 Å². The van der Waals surface area contributed by atoms with Crippen molar-refractivity contribution >= 4 is 28.2 Å². The largest absolute Gasteiger partial charge is 0.365 e. The normalized spacial score (nSPS) is 14.1. The van der Waals surface area contributed by atoms with Gasteiger partial charge in [-0.15, -0.1) is 11.3 Å². The SMILES string of the molecule is CCCCCCCC(=O)Nc1sc2c(c1C(N)=O)CCCCC2. The number of carbonyl (C=O) groups excluding carboxylic acids is 2. The maximum atomic E-state index is 12.1. The minimum absolute atomic E-state index is 0.000378. The average Bonchev–Trinajstić information content (AvgIpc) is 2.68. The molecule has 0 bridgehead atoms. The van der Waals surface area contributed by atoms with Crippen molar-refractivity contribution in [3.05, 3.63) is 16.0 Å². The third-order valence-electron chi connectivity index (χ3n) is 4.43. The predicted octanol–water partition coefficient (Wildman–Crippen LogP) is 4.41. The zero-order chi connectivity index (χ0) is 16.7. The summed E-state index contributed by atoms with van der Waals surface area (Å²) in [5, 5.41) is 3.61. The molecular formula is C18H28N2O2S. The Hall–Kier alpha value is -1.36. The lowest BCUT2D eigenvalue weighted by Crippen LogP contribution is -2.17. The lowest BCUT2D eigenvalue weighted by molar-refractivity contribution is -0.116. The third-order valence-corrected chi connectivity index (χ3v) is 5.64. The van der Waals surface area contributed by atoms with Crippen molar-refractivity contribution in [3.63, 3.8) is 0 Å². The smallest absolute Gasteiger partial charge is 0.251 e. The first kappa shape index (κ1) is 18.0. The topological polar surface area (TPSA) is 72.2 Å². The summed E-state index contributed by atoms with van der Waals surface area (Å²) in [5.41, 5.74) is 7.22. The molecule has 4 nitrogen and oxygen atoms in total. The number of primary amides is 1. The Labute approximate surface area is 142 Å². The molecule has 128 valence electrons. The van der Waals surface area contributed by atoms with Crippen LogP contribution < -0.4 is 11.1 Å². The van der Waals surface area contributed by atoms with Gasteiger partial charge in [-0.1, -0.05) is 39.0 Å². The molecular weight excluding hydrogens is 308 g/mol. The average molecular weight is 337 g/mol. The summed E-state index contributed by atoms with van der Waals surface area (Å²) in [5.74, 6) is -0.414. The van der Waals surface area contributed by atoms with Gasteiger partial charge >= 0.3 is 0 Å². The van der Waals surface area contributed by atoms with Gasteiger partial charge in [-0.25, -0.2) is 0 Å². The van der Waals surface area contributed by atoms with Gasteiger partial charge in [0.15, 0.2) is 0 Å². The van der Waals surface area contributed by atoms with Gasteiger partial charge in [0.25, 0.3) is 5.91 Å². The molecule has 3 N–H and O–H groups in total. The number of carbonyl (C=O) groups is 2. The van der Waals surface area contributed by atoms with Crippen molar-refractivity contribution in [2.75, 3.05) is 5.32 Å². The molecule has 0 atom stereocenters. The van der Waals surface area contributed by atoms with E-state index in [1.54, 1.807) is 11.3 Å². The van der Waals surface area contributed by atoms with Crippen LogP contribution in [-0.4, -0.2) is 11.8 Å². The van der Waals surface area contributed by atoms with E-state index in [9.17, 15) is 9.59 Å². The van der Waals surface area contributed by atoms with Crippen molar-refractivity contribution in [1.82, 2.24) is 0 Å². The fraction of sp³-hybridized carbons (Fsp3) is 0.667. The second-order valence-electron chi connectivity index (χ2n) is 6.35. The van der Waals surface area contributed by atoms with Crippen LogP contribution in [0.15, 0.2) is 0 Å². The first-order chi connectivity index (χ1) is 11.1. The van der Waals surface area contributed by atoms with Crippen LogP contribution in [0.5, 0.6) is 0 Å². The van der Waals surface area contributed by atoms with Crippen LogP contribution in [0.4, 0.5) is 5.00 Å². The number of thiophene rings is 1. The standard InChI is InChI=1S/C18H28N2O2S/c1-2-3-4-5-9-12-15(21)20-18-16(17(19)22)13-10-7-6-8-11-14(13)23-18/h2-12H2,1H3,(H2,19,22)(H,20,21). The summed E-state index contributed by atoms with van der Waals surface area (Å²) in [6, 6.07) is 0. The summed E-state index contributed by atoms with van der Waals surface area (Å²) >= 11 is 1.55. The number of unbranched alkanes of at least 4 members (excludes halogenated alkanes) is 4. The Balaban J connectivity index is 1.99. The number of nitrogens with two attached hydrogens (primary N) is 1. The molecule has 23 heavy (non-hydrogen) atoms. The molecule has 0 aromatic carbocycles. The first-order valence-corrected chi connectivity index (χ1v) is 9.69. The number of amides is 2. The molecule has 0 unspecified atom stereocenters. The monoisotopic (exact) mass is 336 g/mol. The minimum Gasteiger partial charge on any atom is -0.365 e. The molecule has 1 heterocycles. The summed E-state index contributed by atoms with van der Waals surface area (Å²) in [4.78, 5) is 25.2. The Morgan fingerprint density at radius 2 is 1.83 bits per heavy atom. The Bertz CT molecular complexity index is 551. The molecule has 0 saturated carbocycles. The van der Waals surface area contributed by atoms with Gasteiger partial charge in [-0.2, -0.15) is 0 Å². The molecule has 2 amide bonds. The molecule has 0 radical (unpaired) electrons. The predicted molar refractivity (Wildman–Crippen MR) is 96.1 cm³/mol. The summed E-state index contributed by atoms with van der Waals surface area (Å²) < 4.78 is 0. The zero-order valence-corrected chi connectivity index (χ0v) is 14.9. The molecule has 1 aromatic heterocycles. The molecule has 2 rings (SSSR count). The van der Waals surface area contributed by atoms with E-state index in [1.165, 1.54) is 30.6 Å². The van der Waals surface area contributed by atoms with Crippen LogP contribution in [0.3, 0.4) is 0 Å². The van der Waals surface area contributed by atoms with Gasteiger partial charge < -0.3 is 11.1 Å². The molecule has 0 saturated heterocycles. The summed E-state index contributed by atoms with van der Waals surface area (Å²) in [6.07, 6.45) is 11.5. The van der Waals surface area contributed by atoms with E-state index in [4.69, 9.17) is 5.73 Å². The molecule has 1 aliphatic carbocycles. The van der Waals surface area contributed by atoms with E-state index < -0.39 is 5.91 Å². The highest BCUT2D eigenvalue weighted by Crippen LogP contribution is 2.37. The molecule has 0 aliphatic heterocycles. The Kier molecular flexibility index (Phi) is 7.09. The second kappa shape index (κ2) is 9.06. The number of nitrogens with one attached hydrogen (secondary N) is 1. The minimum atomic E-state index is -0.414. The summed E-state index contributed by atoms with van der Waals surface area (Å²) in [7, 11) is 0. The van der Waals surface area contributed by atoms with Gasteiger partial charge in [0.2, 0.25) is 5.91 Å². The number of rotatable bonds is 8. The van der Waals surface area contributed by atoms with Gasteiger partial charge in [0, 0.05) is 11.3 Å². The van der Waals surface area contributed by atoms with E-state index in [1.807, 2.05) is 0 Å². The Morgan fingerprint density at radius 3 is 2.57 bits per heavy atom. The Morgan fingerprint density at radius 1 is 1.09 bits per heavy atom. The van der Waals surface area contributed by atoms with Gasteiger partial charge in [-0.05, 0) is 37.7 Å². The maximum Gasteiger partial charge on any atom is 0.251 e. The van der Waals surface area contributed by atoms with Crippen LogP contribution in [0, 0.1) is 0 Å². The van der Waals surface area contributed by atoms with E-state index in [0.29, 0.717) is 17.0 Å². The highest BCUT2D eigenvalue weighted by Gasteiger charge is 2.24. The number of hydrogen-bond acceptors (Lipinski definition) is 3. The van der Waals surface area contributed by atoms with Crippen LogP contribution >= 0.6 is 11.3 Å². The molecule has 0 spiro atoms. The van der Waals surface area contributed by atoms with Gasteiger partial charge in [-0.3, -0.25) is 9.59 Å². The zero-order valence-electron chi connectivity index (χ0n) is 14.1. The number of anilines is 1. The van der Waals surface area contributed by atoms with Crippen molar-refractivity contribution in [2.24, 2.45) is 5.73 Å². The number of fused-ring (bicyclic) bond motifs is 1. The third kappa shape index (κ3) is 5.06. The van der Waals surface area contributed by atoms with Crippen LogP contribution in [0.2, 0.25) is 0 Å². The molecule has 1 aliphatic rings. The van der Waals surface area contributed by atoms with Crippen molar-refractivity contribution in [1.29, 1.82) is 0 Å². The van der Waals surface area contributed by atoms with E-state index >= 15 is 0 Å². The van der Waals surface area contributed by atoms with Crippen LogP contribution in [0.25, 0.3) is 0 Å². The van der Waals surface area contributed by atoms with Gasteiger partial charge in [0.05, 0.1) is 5.56 Å². The van der Waals surface area contributed by atoms with E-state index in [0.717, 1.165) is 44.1 Å². The first-order valence-electron chi connectivity index (χ1n) is 8.87. The van der Waals surface area contributed by atoms with E-state index in [2.05, 4.69) is 12.2 Å². The second-order valence-corrected chi connectivity index (χ2v) is 7.45. The highest BCUT2D eigenvalue weighted by molar-refractivity contribution is 7.17. The van der Waals surface area contributed by atoms with Crippen molar-refractivity contribution in [3.8, 4) is 0 Å². The van der Waals surface area contributed by atoms with Crippen molar-refractivity contribution < 1.29 is 9.59 Å². The maximum absolute atomic E-state index is 12.1. The molecule has 0 fully saturated rings. The molecule has 1 aromatic rings. The fourth-order valence-corrected chi connectivity index (χ4v) is 4.48. The van der Waals surface area contributed by atoms with Crippen molar-refractivity contribution in [2.45, 2.75) is 77.6 Å². The fourth-order valence-electron chi connectivity index (χ4n) is 3.17. The van der Waals surface area contributed by atoms with Gasteiger partial charge in [0.1, 0.15) is 5.00 Å². The lowest BCUT2D eigenvalue weighted by atomic mass is 10.1. The molecule has 5 heteroatoms. The lowest BCUT2D eigenvalue weighted by Gasteiger charge is -2.06. The van der Waals surface area contributed by atoms with Crippen LogP contribution in [-0.2, 0) is 17.6 Å². The highest BCUT2D eigenvalue weighted by atomic mass is 32.1. The number of aryl methyl sites for hydroxylation is 1.